The highest BCUT2D eigenvalue weighted by molar-refractivity contribution is 6.03. The molecule has 10 atom stereocenters. The largest absolute Gasteiger partial charge is 0.481 e. The number of aliphatic hydroxyl groups excluding tert-OH is 1. The smallest absolute Gasteiger partial charge is 0.309 e. The Morgan fingerprint density at radius 1 is 0.815 bits per heavy atom. The number of rotatable bonds is 10. The van der Waals surface area contributed by atoms with Crippen LogP contribution in [0.1, 0.15) is 169 Å². The molecule has 2 amide bonds. The van der Waals surface area contributed by atoms with Gasteiger partial charge in [0, 0.05) is 37.0 Å². The number of carbonyl (C=O) groups is 5. The normalized spacial score (nSPS) is 37.8. The molecule has 358 valence electrons. The number of fused-ring (bicyclic) bond motifs is 7. The molecule has 1 aromatic rings. The number of esters is 1. The third kappa shape index (κ3) is 7.63. The van der Waals surface area contributed by atoms with E-state index in [-0.39, 0.29) is 75.7 Å². The molecular weight excluding hydrogens is 819 g/mol. The Kier molecular flexibility index (Phi) is 12.0. The molecule has 1 aromatic carbocycles. The number of amides is 2. The standard InChI is InChI=1S/C54H79N3O8/c1-31(2)42-38(59)29-54(56-47(64)50(7,8)55-44(60)33-14-12-32(13-15-33)30-57-26-20-34(58)21-27-57)25-24-52(10)35(43(42)54)16-17-40-51(9)22-19-41(49(5,6)39(51)18-23-53(40,52)11)65-46(63)37-28-36(45(61)62)48(37,3)4/h12-15,31,34-37,39-41,58H,16-30H2,1-11H3,(H,55,60)(H,56,64)(H,61,62)/t35-,36+,37-,39+,40-,41+,51+,52-,53-,54-/m1/s1. The van der Waals surface area contributed by atoms with E-state index in [1.165, 1.54) is 0 Å². The molecule has 1 saturated heterocycles. The van der Waals surface area contributed by atoms with Gasteiger partial charge in [-0.15, -0.1) is 0 Å². The van der Waals surface area contributed by atoms with Gasteiger partial charge in [-0.1, -0.05) is 74.4 Å². The van der Waals surface area contributed by atoms with E-state index in [0.29, 0.717) is 30.2 Å². The summed E-state index contributed by atoms with van der Waals surface area (Å²) in [5.74, 6) is -1.62. The molecule has 0 radical (unpaired) electrons. The molecule has 4 N–H and O–H groups in total. The molecule has 6 fully saturated rings. The highest BCUT2D eigenvalue weighted by Crippen LogP contribution is 2.76. The molecule has 11 heteroatoms. The number of carboxylic acids is 1. The zero-order valence-electron chi connectivity index (χ0n) is 41.3. The third-order valence-corrected chi connectivity index (χ3v) is 20.0. The highest BCUT2D eigenvalue weighted by atomic mass is 16.5. The van der Waals surface area contributed by atoms with E-state index in [2.05, 4.69) is 64.0 Å². The van der Waals surface area contributed by atoms with Crippen molar-refractivity contribution in [1.29, 1.82) is 0 Å². The van der Waals surface area contributed by atoms with Crippen LogP contribution in [0.25, 0.3) is 0 Å². The van der Waals surface area contributed by atoms with Crippen LogP contribution in [0, 0.1) is 62.6 Å². The van der Waals surface area contributed by atoms with Crippen molar-refractivity contribution in [2.45, 2.75) is 183 Å². The number of nitrogens with one attached hydrogen (secondary N) is 2. The number of hydrogen-bond acceptors (Lipinski definition) is 8. The number of carboxylic acid groups (broad SMARTS) is 1. The van der Waals surface area contributed by atoms with Gasteiger partial charge in [0.2, 0.25) is 5.91 Å². The number of benzene rings is 1. The minimum atomic E-state index is -1.25. The van der Waals surface area contributed by atoms with Crippen LogP contribution in [-0.4, -0.2) is 81.0 Å². The number of ether oxygens (including phenoxy) is 1. The predicted octanol–water partition coefficient (Wildman–Crippen LogP) is 8.66. The van der Waals surface area contributed by atoms with E-state index in [0.717, 1.165) is 94.1 Å². The van der Waals surface area contributed by atoms with Crippen LogP contribution in [0.15, 0.2) is 35.4 Å². The maximum absolute atomic E-state index is 14.6. The van der Waals surface area contributed by atoms with Crippen molar-refractivity contribution in [3.05, 3.63) is 46.5 Å². The molecule has 0 aromatic heterocycles. The third-order valence-electron chi connectivity index (χ3n) is 20.0. The monoisotopic (exact) mass is 898 g/mol. The molecule has 1 heterocycles. The lowest BCUT2D eigenvalue weighted by Gasteiger charge is -2.72. The van der Waals surface area contributed by atoms with Crippen molar-refractivity contribution >= 4 is 29.5 Å². The number of aliphatic hydroxyl groups is 1. The lowest BCUT2D eigenvalue weighted by atomic mass is 9.33. The Hall–Kier alpha value is -3.57. The van der Waals surface area contributed by atoms with Gasteiger partial charge in [0.1, 0.15) is 11.6 Å². The van der Waals surface area contributed by atoms with Gasteiger partial charge in [-0.2, -0.15) is 0 Å². The minimum absolute atomic E-state index is 0.00825. The maximum atomic E-state index is 14.6. The van der Waals surface area contributed by atoms with Crippen LogP contribution >= 0.6 is 0 Å². The van der Waals surface area contributed by atoms with Gasteiger partial charge in [-0.05, 0) is 159 Å². The lowest BCUT2D eigenvalue weighted by molar-refractivity contribution is -0.235. The van der Waals surface area contributed by atoms with Crippen LogP contribution < -0.4 is 10.6 Å². The summed E-state index contributed by atoms with van der Waals surface area (Å²) in [6.45, 7) is 26.0. The zero-order chi connectivity index (χ0) is 47.4. The Balaban J connectivity index is 0.986. The van der Waals surface area contributed by atoms with Gasteiger partial charge in [-0.3, -0.25) is 28.9 Å². The molecule has 7 aliphatic rings. The van der Waals surface area contributed by atoms with Crippen LogP contribution in [0.2, 0.25) is 0 Å². The van der Waals surface area contributed by atoms with Crippen LogP contribution in [0.5, 0.6) is 0 Å². The summed E-state index contributed by atoms with van der Waals surface area (Å²) in [5.41, 5.74) is 0.528. The van der Waals surface area contributed by atoms with Gasteiger partial charge in [0.25, 0.3) is 5.91 Å². The SMILES string of the molecule is CC(C)C1=C2[C@H]3CC[C@@H]4[C@@]5(C)CC[C@H](OC(=O)[C@H]6C[C@@H](C(=O)O)C6(C)C)C(C)(C)[C@@H]5CC[C@@]4(C)[C@]3(C)CC[C@@]2(NC(=O)C(C)(C)NC(=O)c2ccc(CN3CCC(O)CC3)cc2)CC1=O. The Morgan fingerprint density at radius 2 is 1.48 bits per heavy atom. The lowest BCUT2D eigenvalue weighted by Crippen LogP contribution is -2.68. The maximum Gasteiger partial charge on any atom is 0.309 e. The predicted molar refractivity (Wildman–Crippen MR) is 249 cm³/mol. The highest BCUT2D eigenvalue weighted by Gasteiger charge is 2.71. The van der Waals surface area contributed by atoms with E-state index in [4.69, 9.17) is 4.74 Å². The zero-order valence-corrected chi connectivity index (χ0v) is 41.3. The van der Waals surface area contributed by atoms with Crippen LogP contribution in [0.4, 0.5) is 0 Å². The van der Waals surface area contributed by atoms with E-state index in [9.17, 15) is 34.2 Å². The van der Waals surface area contributed by atoms with Crippen LogP contribution in [0.3, 0.4) is 0 Å². The molecule has 1 aliphatic heterocycles. The van der Waals surface area contributed by atoms with Gasteiger partial charge in [-0.25, -0.2) is 0 Å². The number of piperidine rings is 1. The van der Waals surface area contributed by atoms with E-state index >= 15 is 0 Å². The first-order valence-corrected chi connectivity index (χ1v) is 25.1. The average molecular weight is 898 g/mol. The Bertz CT molecular complexity index is 2130. The molecule has 0 bridgehead atoms. The molecular formula is C54H79N3O8. The van der Waals surface area contributed by atoms with Crippen molar-refractivity contribution in [1.82, 2.24) is 15.5 Å². The summed E-state index contributed by atoms with van der Waals surface area (Å²) in [7, 11) is 0. The first-order valence-electron chi connectivity index (χ1n) is 25.1. The number of hydrogen-bond donors (Lipinski definition) is 4. The summed E-state index contributed by atoms with van der Waals surface area (Å²) >= 11 is 0. The number of carbonyl (C=O) groups excluding carboxylic acids is 4. The number of nitrogens with zero attached hydrogens (tertiary/aromatic N) is 1. The average Bonchev–Trinajstić information content (AvgIpc) is 3.51. The Labute approximate surface area is 388 Å². The van der Waals surface area contributed by atoms with Gasteiger partial charge in [0.05, 0.1) is 23.5 Å². The van der Waals surface area contributed by atoms with E-state index < -0.39 is 34.3 Å². The summed E-state index contributed by atoms with van der Waals surface area (Å²) in [6.07, 6.45) is 8.95. The Morgan fingerprint density at radius 3 is 2.09 bits per heavy atom. The first kappa shape index (κ1) is 47.9. The van der Waals surface area contributed by atoms with Gasteiger partial charge >= 0.3 is 11.9 Å². The molecule has 0 unspecified atom stereocenters. The summed E-state index contributed by atoms with van der Waals surface area (Å²) in [4.78, 5) is 70.5. The number of ketones is 1. The topological polar surface area (TPSA) is 162 Å². The quantitative estimate of drug-likeness (QED) is 0.169. The van der Waals surface area contributed by atoms with Crippen LogP contribution in [-0.2, 0) is 30.5 Å². The second kappa shape index (κ2) is 16.3. The number of allylic oxidation sites excluding steroid dienone is 1. The summed E-state index contributed by atoms with van der Waals surface area (Å²) < 4.78 is 6.43. The van der Waals surface area contributed by atoms with Gasteiger partial charge in [0.15, 0.2) is 5.78 Å². The van der Waals surface area contributed by atoms with E-state index in [1.807, 2.05) is 38.1 Å². The fourth-order valence-electron chi connectivity index (χ4n) is 15.8. The molecule has 6 aliphatic carbocycles. The van der Waals surface area contributed by atoms with Crippen molar-refractivity contribution in [2.75, 3.05) is 13.1 Å². The number of likely N-dealkylation sites (tertiary alicyclic amines) is 1. The fraction of sp³-hybridized carbons (Fsp3) is 0.759. The van der Waals surface area contributed by atoms with Crippen molar-refractivity contribution in [3.63, 3.8) is 0 Å². The van der Waals surface area contributed by atoms with Crippen molar-refractivity contribution < 1.29 is 38.9 Å². The summed E-state index contributed by atoms with van der Waals surface area (Å²) in [5, 5.41) is 26.1. The number of aliphatic carboxylic acids is 1. The fourth-order valence-corrected chi connectivity index (χ4v) is 15.8. The van der Waals surface area contributed by atoms with Crippen molar-refractivity contribution in [3.8, 4) is 0 Å². The molecule has 65 heavy (non-hydrogen) atoms. The summed E-state index contributed by atoms with van der Waals surface area (Å²) in [6, 6.07) is 7.54. The molecule has 11 nitrogen and oxygen atoms in total. The first-order chi connectivity index (χ1) is 30.2. The second-order valence-corrected chi connectivity index (χ2v) is 24.8. The molecule has 0 spiro atoms. The number of Topliss-reactive ketones (excluding diaryl/α,β-unsaturated/α-hetero) is 1. The molecule has 8 rings (SSSR count). The van der Waals surface area contributed by atoms with E-state index in [1.54, 1.807) is 13.8 Å². The second-order valence-electron chi connectivity index (χ2n) is 24.8. The van der Waals surface area contributed by atoms with Crippen molar-refractivity contribution in [2.24, 2.45) is 62.6 Å². The van der Waals surface area contributed by atoms with Gasteiger partial charge < -0.3 is 25.6 Å². The molecule has 5 saturated carbocycles. The minimum Gasteiger partial charge on any atom is -0.481 e.